The second-order valence-corrected chi connectivity index (χ2v) is 4.41. The van der Waals surface area contributed by atoms with Gasteiger partial charge in [-0.15, -0.1) is 0 Å². The van der Waals surface area contributed by atoms with Gasteiger partial charge in [0.2, 0.25) is 0 Å². The third-order valence-electron chi connectivity index (χ3n) is 2.66. The molecule has 0 spiro atoms. The number of nitrogens with zero attached hydrogens (tertiary/aromatic N) is 1. The van der Waals surface area contributed by atoms with Crippen LogP contribution in [0.4, 0.5) is 0 Å². The normalized spacial score (nSPS) is 11.9. The van der Waals surface area contributed by atoms with E-state index in [1.54, 1.807) is 6.08 Å². The van der Waals surface area contributed by atoms with Gasteiger partial charge in [0.25, 0.3) is 0 Å². The van der Waals surface area contributed by atoms with E-state index in [0.717, 1.165) is 19.4 Å². The Morgan fingerprint density at radius 3 is 2.67 bits per heavy atom. The van der Waals surface area contributed by atoms with Gasteiger partial charge in [0.15, 0.2) is 0 Å². The number of ether oxygens (including phenoxy) is 2. The number of rotatable bonds is 12. The molecule has 0 amide bonds. The highest BCUT2D eigenvalue weighted by Crippen LogP contribution is 1.97. The maximum Gasteiger partial charge on any atom is 0.354 e. The molecule has 122 valence electrons. The predicted octanol–water partition coefficient (Wildman–Crippen LogP) is 1.02. The summed E-state index contributed by atoms with van der Waals surface area (Å²) in [5, 5.41) is 8.97. The van der Waals surface area contributed by atoms with Crippen molar-refractivity contribution in [2.75, 3.05) is 39.5 Å². The molecular formula is C15H28N2O4. The van der Waals surface area contributed by atoms with Crippen molar-refractivity contribution >= 4 is 5.97 Å². The lowest BCUT2D eigenvalue weighted by atomic mass is 10.3. The number of hydrogen-bond donors (Lipinski definition) is 2. The number of allylic oxidation sites excluding steroid dienone is 2. The van der Waals surface area contributed by atoms with Crippen LogP contribution in [0.5, 0.6) is 0 Å². The van der Waals surface area contributed by atoms with Crippen molar-refractivity contribution in [2.24, 2.45) is 5.73 Å². The Bertz CT molecular complexity index is 330. The topological polar surface area (TPSA) is 85.0 Å². The first-order valence-corrected chi connectivity index (χ1v) is 7.39. The molecule has 0 atom stereocenters. The highest BCUT2D eigenvalue weighted by atomic mass is 16.6. The smallest absolute Gasteiger partial charge is 0.354 e. The first-order chi connectivity index (χ1) is 10.2. The molecule has 0 aliphatic carbocycles. The summed E-state index contributed by atoms with van der Waals surface area (Å²) in [6, 6.07) is 0. The van der Waals surface area contributed by atoms with Crippen LogP contribution in [0.1, 0.15) is 26.7 Å². The van der Waals surface area contributed by atoms with Crippen molar-refractivity contribution in [1.29, 1.82) is 0 Å². The molecule has 0 saturated heterocycles. The van der Waals surface area contributed by atoms with Crippen LogP contribution in [0.25, 0.3) is 0 Å². The van der Waals surface area contributed by atoms with Crippen LogP contribution in [-0.2, 0) is 14.3 Å². The molecular weight excluding hydrogens is 272 g/mol. The van der Waals surface area contributed by atoms with Crippen molar-refractivity contribution in [1.82, 2.24) is 4.90 Å². The summed E-state index contributed by atoms with van der Waals surface area (Å²) in [4.78, 5) is 13.5. The Balaban J connectivity index is 4.20. The second kappa shape index (κ2) is 13.5. The molecule has 6 nitrogen and oxygen atoms in total. The standard InChI is InChI=1S/C15H28N2O4/c1-3-5-8-17(10-11-18)9-6-7-14(16)15(19)21-13-12-20-4-2/h6-7,9,18H,3-5,8,10-13,16H2,1-2H3/b9-6+,14-7-. The van der Waals surface area contributed by atoms with E-state index in [2.05, 4.69) is 6.92 Å². The quantitative estimate of drug-likeness (QED) is 0.242. The zero-order valence-corrected chi connectivity index (χ0v) is 13.1. The number of carbonyl (C=O) groups excluding carboxylic acids is 1. The molecule has 0 saturated carbocycles. The van der Waals surface area contributed by atoms with E-state index in [-0.39, 0.29) is 18.9 Å². The lowest BCUT2D eigenvalue weighted by Gasteiger charge is -2.18. The van der Waals surface area contributed by atoms with Crippen molar-refractivity contribution < 1.29 is 19.4 Å². The van der Waals surface area contributed by atoms with Crippen molar-refractivity contribution in [3.05, 3.63) is 24.0 Å². The van der Waals surface area contributed by atoms with E-state index >= 15 is 0 Å². The molecule has 6 heteroatoms. The number of aliphatic hydroxyl groups excluding tert-OH is 1. The molecule has 0 aromatic rings. The zero-order valence-electron chi connectivity index (χ0n) is 13.1. The number of esters is 1. The van der Waals surface area contributed by atoms with Gasteiger partial charge in [-0.3, -0.25) is 0 Å². The third-order valence-corrected chi connectivity index (χ3v) is 2.66. The molecule has 21 heavy (non-hydrogen) atoms. The Kier molecular flexibility index (Phi) is 12.5. The van der Waals surface area contributed by atoms with Gasteiger partial charge in [-0.2, -0.15) is 0 Å². The summed E-state index contributed by atoms with van der Waals surface area (Å²) in [5.41, 5.74) is 5.66. The fourth-order valence-electron chi connectivity index (χ4n) is 1.51. The fraction of sp³-hybridized carbons (Fsp3) is 0.667. The van der Waals surface area contributed by atoms with Crippen LogP contribution in [-0.4, -0.2) is 55.5 Å². The van der Waals surface area contributed by atoms with Gasteiger partial charge in [-0.05, 0) is 31.7 Å². The minimum atomic E-state index is -0.554. The van der Waals surface area contributed by atoms with Crippen molar-refractivity contribution in [2.45, 2.75) is 26.7 Å². The number of nitrogens with two attached hydrogens (primary N) is 1. The maximum atomic E-state index is 11.5. The molecule has 0 heterocycles. The molecule has 0 rings (SSSR count). The highest BCUT2D eigenvalue weighted by Gasteiger charge is 2.05. The Hall–Kier alpha value is -1.53. The van der Waals surface area contributed by atoms with Crippen LogP contribution < -0.4 is 5.73 Å². The van der Waals surface area contributed by atoms with Crippen LogP contribution in [0, 0.1) is 0 Å². The lowest BCUT2D eigenvalue weighted by molar-refractivity contribution is -0.140. The Morgan fingerprint density at radius 1 is 1.29 bits per heavy atom. The summed E-state index contributed by atoms with van der Waals surface area (Å²) >= 11 is 0. The lowest BCUT2D eigenvalue weighted by Crippen LogP contribution is -2.22. The van der Waals surface area contributed by atoms with E-state index < -0.39 is 5.97 Å². The molecule has 0 fully saturated rings. The van der Waals surface area contributed by atoms with Gasteiger partial charge in [0.05, 0.1) is 13.2 Å². The minimum absolute atomic E-state index is 0.0437. The molecule has 0 radical (unpaired) electrons. The van der Waals surface area contributed by atoms with E-state index in [9.17, 15) is 4.79 Å². The Morgan fingerprint density at radius 2 is 2.05 bits per heavy atom. The first kappa shape index (κ1) is 19.5. The molecule has 0 bridgehead atoms. The molecule has 3 N–H and O–H groups in total. The van der Waals surface area contributed by atoms with Crippen LogP contribution >= 0.6 is 0 Å². The van der Waals surface area contributed by atoms with Gasteiger partial charge < -0.3 is 25.2 Å². The van der Waals surface area contributed by atoms with Gasteiger partial charge in [0.1, 0.15) is 12.3 Å². The van der Waals surface area contributed by atoms with E-state index in [4.69, 9.17) is 20.3 Å². The predicted molar refractivity (Wildman–Crippen MR) is 82.4 cm³/mol. The number of carbonyl (C=O) groups is 1. The van der Waals surface area contributed by atoms with E-state index in [1.807, 2.05) is 18.0 Å². The SMILES string of the molecule is CCCCN(/C=C/C=C(\N)C(=O)OCCOCC)CCO. The van der Waals surface area contributed by atoms with Crippen molar-refractivity contribution in [3.63, 3.8) is 0 Å². The molecule has 0 unspecified atom stereocenters. The van der Waals surface area contributed by atoms with Gasteiger partial charge in [-0.25, -0.2) is 4.79 Å². The summed E-state index contributed by atoms with van der Waals surface area (Å²) in [5.74, 6) is -0.554. The summed E-state index contributed by atoms with van der Waals surface area (Å²) in [6.07, 6.45) is 7.12. The van der Waals surface area contributed by atoms with Crippen LogP contribution in [0.3, 0.4) is 0 Å². The van der Waals surface area contributed by atoms with E-state index in [1.165, 1.54) is 6.08 Å². The molecule has 0 aliphatic heterocycles. The van der Waals surface area contributed by atoms with Crippen LogP contribution in [0.2, 0.25) is 0 Å². The first-order valence-electron chi connectivity index (χ1n) is 7.39. The van der Waals surface area contributed by atoms with Crippen LogP contribution in [0.15, 0.2) is 24.0 Å². The molecule has 0 aromatic heterocycles. The van der Waals surface area contributed by atoms with E-state index in [0.29, 0.717) is 19.8 Å². The minimum Gasteiger partial charge on any atom is -0.459 e. The summed E-state index contributed by atoms with van der Waals surface area (Å²) in [6.45, 7) is 6.64. The van der Waals surface area contributed by atoms with Crippen molar-refractivity contribution in [3.8, 4) is 0 Å². The largest absolute Gasteiger partial charge is 0.459 e. The molecule has 0 aliphatic rings. The number of unbranched alkanes of at least 4 members (excludes halogenated alkanes) is 1. The second-order valence-electron chi connectivity index (χ2n) is 4.41. The van der Waals surface area contributed by atoms with Gasteiger partial charge in [0, 0.05) is 19.7 Å². The number of hydrogen-bond acceptors (Lipinski definition) is 6. The molecule has 0 aromatic carbocycles. The third kappa shape index (κ3) is 10.9. The average molecular weight is 300 g/mol. The maximum absolute atomic E-state index is 11.5. The average Bonchev–Trinajstić information content (AvgIpc) is 2.48. The summed E-state index contributed by atoms with van der Waals surface area (Å²) < 4.78 is 9.99. The fourth-order valence-corrected chi connectivity index (χ4v) is 1.51. The van der Waals surface area contributed by atoms with Gasteiger partial charge in [-0.1, -0.05) is 13.3 Å². The highest BCUT2D eigenvalue weighted by molar-refractivity contribution is 5.87. The number of aliphatic hydroxyl groups is 1. The monoisotopic (exact) mass is 300 g/mol. The summed E-state index contributed by atoms with van der Waals surface area (Å²) in [7, 11) is 0. The van der Waals surface area contributed by atoms with Gasteiger partial charge >= 0.3 is 5.97 Å². The zero-order chi connectivity index (χ0) is 15.9. The Labute approximate surface area is 127 Å².